The van der Waals surface area contributed by atoms with Gasteiger partial charge in [0.2, 0.25) is 5.91 Å². The van der Waals surface area contributed by atoms with Crippen LogP contribution >= 0.6 is 0 Å². The fourth-order valence-electron chi connectivity index (χ4n) is 7.55. The molecule has 266 valence electrons. The number of ether oxygens (including phenoxy) is 1. The van der Waals surface area contributed by atoms with Gasteiger partial charge in [0, 0.05) is 12.1 Å². The number of likely N-dealkylation sites (tertiary alicyclic amines) is 1. The zero-order valence-corrected chi connectivity index (χ0v) is 30.4. The van der Waals surface area contributed by atoms with Gasteiger partial charge in [-0.2, -0.15) is 0 Å². The summed E-state index contributed by atoms with van der Waals surface area (Å²) in [5.74, 6) is 2.01. The van der Waals surface area contributed by atoms with Gasteiger partial charge in [0.05, 0.1) is 43.0 Å². The van der Waals surface area contributed by atoms with E-state index in [-0.39, 0.29) is 29.3 Å². The molecule has 3 atom stereocenters. The SMILES string of the molecule is CCN[C@H](c1ncc(-c2ccc(-c3ccc4cc(-c5cnc([C@@H]6CC7(CC7)CN6C(=O)[C@@H](NC(=O)OC)C(C)C)[nH]5)ccc4c3)cc2)[nH]1)C(C)C. The standard InChI is InChI=1S/C41H49N7O3/c1-7-42-35(24(2)3)38-44-21-32(46-38)27-10-8-26(9-11-27)28-12-13-30-19-31(15-14-29(30)18-28)33-22-43-37(45-33)34-20-41(16-17-41)23-48(34)39(49)36(25(4)5)47-40(50)51-6/h8-15,18-19,21-22,24-25,34-36,42H,7,16-17,20,23H2,1-6H3,(H,43,45)(H,44,46)(H,47,50)/t34-,35-,36-/m0/s1. The Morgan fingerprint density at radius 1 is 0.863 bits per heavy atom. The number of methoxy groups -OCH3 is 1. The zero-order valence-electron chi connectivity index (χ0n) is 30.4. The Morgan fingerprint density at radius 2 is 1.49 bits per heavy atom. The van der Waals surface area contributed by atoms with Gasteiger partial charge in [-0.3, -0.25) is 4.79 Å². The number of aromatic nitrogens is 4. The number of nitrogens with one attached hydrogen (secondary N) is 4. The lowest BCUT2D eigenvalue weighted by molar-refractivity contribution is -0.135. The molecule has 3 aromatic carbocycles. The maximum absolute atomic E-state index is 13.8. The molecule has 0 radical (unpaired) electrons. The topological polar surface area (TPSA) is 128 Å². The number of H-pyrrole nitrogens is 2. The van der Waals surface area contributed by atoms with E-state index in [1.165, 1.54) is 7.11 Å². The van der Waals surface area contributed by atoms with E-state index in [9.17, 15) is 9.59 Å². The van der Waals surface area contributed by atoms with Gasteiger partial charge in [-0.05, 0) is 82.7 Å². The summed E-state index contributed by atoms with van der Waals surface area (Å²) in [7, 11) is 1.32. The van der Waals surface area contributed by atoms with E-state index < -0.39 is 12.1 Å². The predicted octanol–water partition coefficient (Wildman–Crippen LogP) is 8.03. The molecule has 1 spiro atoms. The summed E-state index contributed by atoms with van der Waals surface area (Å²) in [6, 6.07) is 21.0. The molecule has 10 nitrogen and oxygen atoms in total. The first-order valence-electron chi connectivity index (χ1n) is 18.2. The molecular weight excluding hydrogens is 638 g/mol. The van der Waals surface area contributed by atoms with Crippen molar-refractivity contribution in [1.82, 2.24) is 35.5 Å². The van der Waals surface area contributed by atoms with Crippen molar-refractivity contribution in [2.24, 2.45) is 17.3 Å². The van der Waals surface area contributed by atoms with Gasteiger partial charge in [0.25, 0.3) is 0 Å². The summed E-state index contributed by atoms with van der Waals surface area (Å²) < 4.78 is 4.81. The molecule has 10 heteroatoms. The minimum absolute atomic E-state index is 0.0842. The molecule has 1 aliphatic heterocycles. The number of aromatic amines is 2. The Labute approximate surface area is 299 Å². The van der Waals surface area contributed by atoms with E-state index in [4.69, 9.17) is 9.72 Å². The Hall–Kier alpha value is -4.96. The maximum atomic E-state index is 13.8. The van der Waals surface area contributed by atoms with Crippen LogP contribution < -0.4 is 10.6 Å². The number of benzene rings is 3. The molecule has 1 saturated carbocycles. The molecule has 0 bridgehead atoms. The molecule has 51 heavy (non-hydrogen) atoms. The van der Waals surface area contributed by atoms with Crippen LogP contribution in [-0.2, 0) is 9.53 Å². The Morgan fingerprint density at radius 3 is 2.14 bits per heavy atom. The Bertz CT molecular complexity index is 2020. The van der Waals surface area contributed by atoms with Crippen LogP contribution in [0.5, 0.6) is 0 Å². The zero-order chi connectivity index (χ0) is 35.9. The first kappa shape index (κ1) is 34.5. The average Bonchev–Trinajstić information content (AvgIpc) is 3.47. The van der Waals surface area contributed by atoms with Crippen molar-refractivity contribution in [3.63, 3.8) is 0 Å². The van der Waals surface area contributed by atoms with Crippen LogP contribution in [0.25, 0.3) is 44.4 Å². The molecule has 4 N–H and O–H groups in total. The van der Waals surface area contributed by atoms with Crippen LogP contribution in [0.4, 0.5) is 4.79 Å². The number of amides is 2. The summed E-state index contributed by atoms with van der Waals surface area (Å²) >= 11 is 0. The summed E-state index contributed by atoms with van der Waals surface area (Å²) in [6.07, 6.45) is 6.28. The highest BCUT2D eigenvalue weighted by molar-refractivity contribution is 5.91. The number of imidazole rings is 2. The molecule has 2 aliphatic rings. The number of carbonyl (C=O) groups is 2. The highest BCUT2D eigenvalue weighted by atomic mass is 16.5. The van der Waals surface area contributed by atoms with Gasteiger partial charge in [-0.15, -0.1) is 0 Å². The van der Waals surface area contributed by atoms with Gasteiger partial charge >= 0.3 is 6.09 Å². The number of nitrogens with zero attached hydrogens (tertiary/aromatic N) is 3. The van der Waals surface area contributed by atoms with Crippen LogP contribution in [0.15, 0.2) is 73.1 Å². The normalized spacial score (nSPS) is 17.7. The lowest BCUT2D eigenvalue weighted by Crippen LogP contribution is -2.51. The van der Waals surface area contributed by atoms with Crippen LogP contribution in [0.2, 0.25) is 0 Å². The quantitative estimate of drug-likeness (QED) is 0.111. The van der Waals surface area contributed by atoms with Crippen LogP contribution in [0.1, 0.15) is 77.6 Å². The lowest BCUT2D eigenvalue weighted by atomic mass is 9.98. The molecule has 2 fully saturated rings. The summed E-state index contributed by atoms with van der Waals surface area (Å²) in [6.45, 7) is 12.0. The van der Waals surface area contributed by atoms with Crippen LogP contribution in [0, 0.1) is 17.3 Å². The number of rotatable bonds is 11. The summed E-state index contributed by atoms with van der Waals surface area (Å²) in [4.78, 5) is 44.4. The smallest absolute Gasteiger partial charge is 0.407 e. The lowest BCUT2D eigenvalue weighted by Gasteiger charge is -2.30. The number of carbonyl (C=O) groups excluding carboxylic acids is 2. The van der Waals surface area contributed by atoms with Gasteiger partial charge < -0.3 is 30.2 Å². The highest BCUT2D eigenvalue weighted by Gasteiger charge is 2.55. The molecule has 7 rings (SSSR count). The van der Waals surface area contributed by atoms with Gasteiger partial charge in [0.1, 0.15) is 17.7 Å². The third-order valence-electron chi connectivity index (χ3n) is 10.7. The monoisotopic (exact) mass is 687 g/mol. The molecular formula is C41H49N7O3. The second-order valence-electron chi connectivity index (χ2n) is 15.0. The minimum atomic E-state index is -0.665. The van der Waals surface area contributed by atoms with Crippen LogP contribution in [-0.4, -0.2) is 63.1 Å². The second-order valence-corrected chi connectivity index (χ2v) is 15.0. The molecule has 1 aliphatic carbocycles. The van der Waals surface area contributed by atoms with E-state index in [2.05, 4.69) is 107 Å². The van der Waals surface area contributed by atoms with E-state index in [0.29, 0.717) is 12.5 Å². The number of alkyl carbamates (subject to hydrolysis) is 1. The average molecular weight is 688 g/mol. The Kier molecular flexibility index (Phi) is 9.46. The highest BCUT2D eigenvalue weighted by Crippen LogP contribution is 2.58. The van der Waals surface area contributed by atoms with Gasteiger partial charge in [-0.25, -0.2) is 14.8 Å². The van der Waals surface area contributed by atoms with E-state index in [1.54, 1.807) is 0 Å². The third-order valence-corrected chi connectivity index (χ3v) is 10.7. The summed E-state index contributed by atoms with van der Waals surface area (Å²) in [5, 5.41) is 8.58. The fraction of sp³-hybridized carbons (Fsp3) is 0.415. The minimum Gasteiger partial charge on any atom is -0.453 e. The molecule has 2 aromatic heterocycles. The third kappa shape index (κ3) is 7.02. The first-order chi connectivity index (χ1) is 24.6. The number of fused-ring (bicyclic) bond motifs is 1. The van der Waals surface area contributed by atoms with Gasteiger partial charge in [0.15, 0.2) is 0 Å². The maximum Gasteiger partial charge on any atom is 0.407 e. The molecule has 1 saturated heterocycles. The van der Waals surface area contributed by atoms with Crippen LogP contribution in [0.3, 0.4) is 0 Å². The fourth-order valence-corrected chi connectivity index (χ4v) is 7.55. The number of hydrogen-bond donors (Lipinski definition) is 4. The largest absolute Gasteiger partial charge is 0.453 e. The predicted molar refractivity (Wildman–Crippen MR) is 201 cm³/mol. The van der Waals surface area contributed by atoms with Crippen molar-refractivity contribution in [2.45, 2.75) is 72.0 Å². The number of hydrogen-bond acceptors (Lipinski definition) is 6. The van der Waals surface area contributed by atoms with Crippen molar-refractivity contribution in [3.8, 4) is 33.6 Å². The molecule has 5 aromatic rings. The van der Waals surface area contributed by atoms with E-state index in [1.807, 2.05) is 31.1 Å². The molecule has 3 heterocycles. The van der Waals surface area contributed by atoms with Crippen molar-refractivity contribution < 1.29 is 14.3 Å². The van der Waals surface area contributed by atoms with Crippen molar-refractivity contribution in [3.05, 3.63) is 84.7 Å². The van der Waals surface area contributed by atoms with Crippen molar-refractivity contribution in [1.29, 1.82) is 0 Å². The van der Waals surface area contributed by atoms with Gasteiger partial charge in [-0.1, -0.05) is 83.1 Å². The van der Waals surface area contributed by atoms with Crippen molar-refractivity contribution >= 4 is 22.8 Å². The second kappa shape index (κ2) is 14.0. The summed E-state index contributed by atoms with van der Waals surface area (Å²) in [5.41, 5.74) is 6.53. The van der Waals surface area contributed by atoms with E-state index >= 15 is 0 Å². The molecule has 0 unspecified atom stereocenters. The van der Waals surface area contributed by atoms with Crippen molar-refractivity contribution in [2.75, 3.05) is 20.2 Å². The first-order valence-corrected chi connectivity index (χ1v) is 18.2. The van der Waals surface area contributed by atoms with E-state index in [0.717, 1.165) is 81.9 Å². The molecule has 2 amide bonds. The Balaban J connectivity index is 1.08.